The third-order valence-corrected chi connectivity index (χ3v) is 5.01. The molecule has 2 aromatic rings. The highest BCUT2D eigenvalue weighted by atomic mass is 32.2. The lowest BCUT2D eigenvalue weighted by atomic mass is 9.66. The molecule has 1 heterocycles. The Morgan fingerprint density at radius 2 is 1.82 bits per heavy atom. The van der Waals surface area contributed by atoms with Gasteiger partial charge in [0.1, 0.15) is 5.40 Å². The fourth-order valence-electron chi connectivity index (χ4n) is 3.66. The van der Waals surface area contributed by atoms with Gasteiger partial charge in [-0.2, -0.15) is 5.26 Å². The molecular weight excluding hydrogens is 288 g/mol. The molecule has 0 saturated heterocycles. The van der Waals surface area contributed by atoms with Gasteiger partial charge in [-0.25, -0.2) is 0 Å². The molecular formula is C19H20N2S. The monoisotopic (exact) mass is 308 g/mol. The second-order valence-corrected chi connectivity index (χ2v) is 7.64. The summed E-state index contributed by atoms with van der Waals surface area (Å²) in [7, 11) is 0. The molecule has 1 aliphatic rings. The van der Waals surface area contributed by atoms with Crippen LogP contribution >= 0.6 is 11.8 Å². The van der Waals surface area contributed by atoms with Gasteiger partial charge in [-0.3, -0.25) is 0 Å². The quantitative estimate of drug-likeness (QED) is 0.615. The molecule has 0 bridgehead atoms. The van der Waals surface area contributed by atoms with Crippen molar-refractivity contribution in [1.29, 1.82) is 5.26 Å². The lowest BCUT2D eigenvalue weighted by Crippen LogP contribution is -2.45. The lowest BCUT2D eigenvalue weighted by Gasteiger charge is -2.46. The number of hydrogen-bond acceptors (Lipinski definition) is 3. The molecule has 0 aromatic heterocycles. The summed E-state index contributed by atoms with van der Waals surface area (Å²) in [4.78, 5) is 1.00. The van der Waals surface area contributed by atoms with E-state index >= 15 is 0 Å². The minimum atomic E-state index is -0.0582. The first-order valence-corrected chi connectivity index (χ1v) is 8.30. The summed E-state index contributed by atoms with van der Waals surface area (Å²) in [5, 5.41) is 14.8. The molecule has 2 aromatic carbocycles. The van der Waals surface area contributed by atoms with Crippen molar-refractivity contribution in [2.75, 3.05) is 5.32 Å². The van der Waals surface area contributed by atoms with E-state index < -0.39 is 0 Å². The Balaban J connectivity index is 2.19. The Labute approximate surface area is 136 Å². The average molecular weight is 308 g/mol. The molecule has 112 valence electrons. The molecule has 22 heavy (non-hydrogen) atoms. The van der Waals surface area contributed by atoms with Crippen LogP contribution in [0.5, 0.6) is 0 Å². The lowest BCUT2D eigenvalue weighted by molar-refractivity contribution is 0.377. The van der Waals surface area contributed by atoms with Crippen LogP contribution in [0.4, 0.5) is 5.69 Å². The number of benzene rings is 2. The van der Waals surface area contributed by atoms with Crippen LogP contribution in [0.25, 0.3) is 0 Å². The number of nitrogens with one attached hydrogen (secondary N) is 1. The number of thiocyanates is 1. The number of thioether (sulfide) groups is 1. The Bertz CT molecular complexity index is 731. The fraction of sp³-hybridized carbons (Fsp3) is 0.316. The first kappa shape index (κ1) is 15.0. The third-order valence-electron chi connectivity index (χ3n) is 4.43. The normalized spacial score (nSPS) is 22.3. The predicted molar refractivity (Wildman–Crippen MR) is 93.1 cm³/mol. The second-order valence-electron chi connectivity index (χ2n) is 6.78. The summed E-state index contributed by atoms with van der Waals surface area (Å²) in [5.41, 5.74) is 3.74. The molecule has 1 N–H and O–H groups in total. The standard InChI is InChI=1S/C19H20N2S/c1-18(2)12-19(3,14-7-5-4-6-8-14)16-11-15(22-13-20)9-10-17(16)21-18/h4-11,21H,12H2,1-3H3/t19-/m0/s1. The Hall–Kier alpha value is -1.92. The van der Waals surface area contributed by atoms with E-state index in [2.05, 4.69) is 74.0 Å². The Kier molecular flexibility index (Phi) is 3.66. The first-order valence-electron chi connectivity index (χ1n) is 7.49. The van der Waals surface area contributed by atoms with Gasteiger partial charge in [0.25, 0.3) is 0 Å². The maximum atomic E-state index is 8.95. The topological polar surface area (TPSA) is 35.8 Å². The van der Waals surface area contributed by atoms with Gasteiger partial charge in [-0.05, 0) is 61.4 Å². The van der Waals surface area contributed by atoms with Crippen molar-refractivity contribution in [1.82, 2.24) is 0 Å². The van der Waals surface area contributed by atoms with Crippen LogP contribution in [0.1, 0.15) is 38.3 Å². The molecule has 0 radical (unpaired) electrons. The van der Waals surface area contributed by atoms with E-state index in [9.17, 15) is 0 Å². The van der Waals surface area contributed by atoms with Gasteiger partial charge in [0, 0.05) is 21.5 Å². The SMILES string of the molecule is CC1(C)C[C@@](C)(c2ccccc2)c2cc(SC#N)ccc2N1. The van der Waals surface area contributed by atoms with Crippen molar-refractivity contribution in [3.8, 4) is 5.40 Å². The summed E-state index contributed by atoms with van der Waals surface area (Å²) in [5.74, 6) is 0. The molecule has 0 amide bonds. The van der Waals surface area contributed by atoms with Crippen LogP contribution in [0.15, 0.2) is 53.4 Å². The molecule has 0 unspecified atom stereocenters. The van der Waals surface area contributed by atoms with Gasteiger partial charge >= 0.3 is 0 Å². The molecule has 1 atom stereocenters. The number of nitrogens with zero attached hydrogens (tertiary/aromatic N) is 1. The van der Waals surface area contributed by atoms with Gasteiger partial charge in [-0.1, -0.05) is 37.3 Å². The summed E-state index contributed by atoms with van der Waals surface area (Å²) in [6.07, 6.45) is 1.01. The molecule has 3 rings (SSSR count). The van der Waals surface area contributed by atoms with Crippen molar-refractivity contribution < 1.29 is 0 Å². The average Bonchev–Trinajstić information content (AvgIpc) is 2.48. The van der Waals surface area contributed by atoms with Crippen LogP contribution in [0.2, 0.25) is 0 Å². The van der Waals surface area contributed by atoms with Crippen LogP contribution in [0, 0.1) is 10.7 Å². The van der Waals surface area contributed by atoms with Crippen LogP contribution < -0.4 is 5.32 Å². The zero-order valence-electron chi connectivity index (χ0n) is 13.2. The molecule has 2 nitrogen and oxygen atoms in total. The minimum Gasteiger partial charge on any atom is -0.380 e. The fourth-order valence-corrected chi connectivity index (χ4v) is 4.07. The van der Waals surface area contributed by atoms with Crippen molar-refractivity contribution in [2.45, 2.75) is 43.0 Å². The van der Waals surface area contributed by atoms with E-state index in [4.69, 9.17) is 5.26 Å². The maximum Gasteiger partial charge on any atom is 0.138 e. The Morgan fingerprint density at radius 3 is 2.50 bits per heavy atom. The van der Waals surface area contributed by atoms with E-state index in [-0.39, 0.29) is 11.0 Å². The minimum absolute atomic E-state index is 0.0292. The van der Waals surface area contributed by atoms with E-state index in [0.717, 1.165) is 11.3 Å². The summed E-state index contributed by atoms with van der Waals surface area (Å²) >= 11 is 1.22. The van der Waals surface area contributed by atoms with Crippen LogP contribution in [0.3, 0.4) is 0 Å². The van der Waals surface area contributed by atoms with E-state index in [1.165, 1.54) is 28.6 Å². The molecule has 3 heteroatoms. The number of hydrogen-bond donors (Lipinski definition) is 1. The molecule has 0 saturated carbocycles. The maximum absolute atomic E-state index is 8.95. The molecule has 0 aliphatic carbocycles. The van der Waals surface area contributed by atoms with E-state index in [1.807, 2.05) is 6.07 Å². The highest BCUT2D eigenvalue weighted by Gasteiger charge is 2.41. The summed E-state index contributed by atoms with van der Waals surface area (Å²) in [6.45, 7) is 6.80. The zero-order valence-corrected chi connectivity index (χ0v) is 14.0. The number of fused-ring (bicyclic) bond motifs is 1. The molecule has 0 spiro atoms. The molecule has 1 aliphatic heterocycles. The van der Waals surface area contributed by atoms with Crippen LogP contribution in [-0.4, -0.2) is 5.54 Å². The van der Waals surface area contributed by atoms with E-state index in [0.29, 0.717) is 0 Å². The summed E-state index contributed by atoms with van der Waals surface area (Å²) in [6, 6.07) is 17.0. The smallest absolute Gasteiger partial charge is 0.138 e. The van der Waals surface area contributed by atoms with Gasteiger partial charge in [0.2, 0.25) is 0 Å². The van der Waals surface area contributed by atoms with Gasteiger partial charge < -0.3 is 5.32 Å². The van der Waals surface area contributed by atoms with Gasteiger partial charge in [0.05, 0.1) is 0 Å². The number of anilines is 1. The van der Waals surface area contributed by atoms with E-state index in [1.54, 1.807) is 0 Å². The largest absolute Gasteiger partial charge is 0.380 e. The van der Waals surface area contributed by atoms with Crippen LogP contribution in [-0.2, 0) is 5.41 Å². The van der Waals surface area contributed by atoms with Crippen molar-refractivity contribution in [3.05, 3.63) is 59.7 Å². The highest BCUT2D eigenvalue weighted by molar-refractivity contribution is 8.03. The Morgan fingerprint density at radius 1 is 1.09 bits per heavy atom. The van der Waals surface area contributed by atoms with Gasteiger partial charge in [-0.15, -0.1) is 0 Å². The van der Waals surface area contributed by atoms with Crippen molar-refractivity contribution in [2.24, 2.45) is 0 Å². The summed E-state index contributed by atoms with van der Waals surface area (Å²) < 4.78 is 0. The highest BCUT2D eigenvalue weighted by Crippen LogP contribution is 2.48. The number of rotatable bonds is 2. The van der Waals surface area contributed by atoms with Crippen molar-refractivity contribution in [3.63, 3.8) is 0 Å². The van der Waals surface area contributed by atoms with Gasteiger partial charge in [0.15, 0.2) is 0 Å². The third kappa shape index (κ3) is 2.60. The number of nitriles is 1. The zero-order chi connectivity index (χ0) is 15.8. The second kappa shape index (κ2) is 5.37. The van der Waals surface area contributed by atoms with Crippen molar-refractivity contribution >= 4 is 17.4 Å². The molecule has 0 fully saturated rings. The first-order chi connectivity index (χ1) is 10.4. The predicted octanol–water partition coefficient (Wildman–Crippen LogP) is 5.16.